The number of hydrogen-bond acceptors (Lipinski definition) is 3. The Balaban J connectivity index is 1.53. The third kappa shape index (κ3) is 3.82. The van der Waals surface area contributed by atoms with Crippen LogP contribution in [0.3, 0.4) is 0 Å². The molecule has 4 rings (SSSR count). The average Bonchev–Trinajstić information content (AvgIpc) is 3.22. The molecule has 3 aromatic rings. The highest BCUT2D eigenvalue weighted by molar-refractivity contribution is 7.13. The minimum absolute atomic E-state index is 0.103. The van der Waals surface area contributed by atoms with Crippen LogP contribution in [0.15, 0.2) is 59.5 Å². The number of carbonyl (C=O) groups excluding carboxylic acids is 1. The monoisotopic (exact) mass is 394 g/mol. The average molecular weight is 395 g/mol. The van der Waals surface area contributed by atoms with E-state index in [2.05, 4.69) is 11.4 Å². The Bertz CT molecular complexity index is 1010. The lowest BCUT2D eigenvalue weighted by molar-refractivity contribution is -0.117. The number of thiophene rings is 1. The van der Waals surface area contributed by atoms with E-state index < -0.39 is 0 Å². The molecule has 136 valence electrons. The molecule has 27 heavy (non-hydrogen) atoms. The Morgan fingerprint density at radius 3 is 2.70 bits per heavy atom. The van der Waals surface area contributed by atoms with Gasteiger partial charge in [0, 0.05) is 17.7 Å². The number of aryl methyl sites for hydroxylation is 2. The van der Waals surface area contributed by atoms with E-state index in [9.17, 15) is 4.79 Å². The number of nitrogens with zero attached hydrogens (tertiary/aromatic N) is 1. The number of fused-ring (bicyclic) bond motifs is 1. The molecule has 0 radical (unpaired) electrons. The van der Waals surface area contributed by atoms with Gasteiger partial charge in [0.15, 0.2) is 0 Å². The number of amides is 1. The maximum absolute atomic E-state index is 12.6. The predicted molar refractivity (Wildman–Crippen MR) is 112 cm³/mol. The number of hydrogen-bond donors (Lipinski definition) is 1. The Morgan fingerprint density at radius 2 is 1.96 bits per heavy atom. The zero-order valence-corrected chi connectivity index (χ0v) is 16.5. The van der Waals surface area contributed by atoms with Crippen LogP contribution in [-0.2, 0) is 17.8 Å². The van der Waals surface area contributed by atoms with E-state index >= 15 is 0 Å². The zero-order chi connectivity index (χ0) is 18.8. The van der Waals surface area contributed by atoms with Crippen molar-refractivity contribution in [1.82, 2.24) is 10.3 Å². The lowest BCUT2D eigenvalue weighted by Crippen LogP contribution is -2.26. The molecule has 1 aliphatic carbocycles. The molecule has 1 N–H and O–H groups in total. The Labute approximate surface area is 167 Å². The molecular formula is C22H19ClN2OS. The summed E-state index contributed by atoms with van der Waals surface area (Å²) < 4.78 is 0. The van der Waals surface area contributed by atoms with Gasteiger partial charge in [-0.25, -0.2) is 0 Å². The lowest BCUT2D eigenvalue weighted by Gasteiger charge is -2.19. The highest BCUT2D eigenvalue weighted by Gasteiger charge is 2.23. The SMILES string of the molecule is Cc1ccc(CNC(=O)C2=C(Cl)c3ccc(-c4cccs4)nc3CC2)cc1. The number of halogens is 1. The molecule has 3 nitrogen and oxygen atoms in total. The van der Waals surface area contributed by atoms with Gasteiger partial charge in [0.25, 0.3) is 0 Å². The van der Waals surface area contributed by atoms with E-state index in [-0.39, 0.29) is 5.91 Å². The largest absolute Gasteiger partial charge is 0.348 e. The maximum atomic E-state index is 12.6. The second-order valence-corrected chi connectivity index (χ2v) is 7.95. The van der Waals surface area contributed by atoms with Gasteiger partial charge in [-0.1, -0.05) is 47.5 Å². The molecule has 0 aliphatic heterocycles. The fraction of sp³-hybridized carbons (Fsp3) is 0.182. The normalized spacial score (nSPS) is 13.4. The van der Waals surface area contributed by atoms with E-state index in [0.29, 0.717) is 23.6 Å². The van der Waals surface area contributed by atoms with Crippen LogP contribution in [0.4, 0.5) is 0 Å². The lowest BCUT2D eigenvalue weighted by atomic mass is 9.94. The molecule has 5 heteroatoms. The van der Waals surface area contributed by atoms with Gasteiger partial charge in [-0.2, -0.15) is 0 Å². The van der Waals surface area contributed by atoms with Gasteiger partial charge >= 0.3 is 0 Å². The van der Waals surface area contributed by atoms with Gasteiger partial charge in [-0.3, -0.25) is 9.78 Å². The molecule has 0 spiro atoms. The number of nitrogens with one attached hydrogen (secondary N) is 1. The van der Waals surface area contributed by atoms with Gasteiger partial charge in [-0.05, 0) is 48.9 Å². The highest BCUT2D eigenvalue weighted by Crippen LogP contribution is 2.35. The van der Waals surface area contributed by atoms with Crippen molar-refractivity contribution in [2.75, 3.05) is 0 Å². The summed E-state index contributed by atoms with van der Waals surface area (Å²) in [6, 6.07) is 16.2. The number of aromatic nitrogens is 1. The van der Waals surface area contributed by atoms with Crippen molar-refractivity contribution in [3.05, 3.63) is 81.9 Å². The highest BCUT2D eigenvalue weighted by atomic mass is 35.5. The summed E-state index contributed by atoms with van der Waals surface area (Å²) in [5.74, 6) is -0.103. The number of benzene rings is 1. The number of pyridine rings is 1. The fourth-order valence-corrected chi connectivity index (χ4v) is 4.22. The van der Waals surface area contributed by atoms with Crippen LogP contribution in [0.1, 0.15) is 28.8 Å². The molecular weight excluding hydrogens is 376 g/mol. The van der Waals surface area contributed by atoms with Crippen LogP contribution in [0.25, 0.3) is 15.6 Å². The van der Waals surface area contributed by atoms with Crippen LogP contribution < -0.4 is 5.32 Å². The Kier molecular flexibility index (Phi) is 5.10. The van der Waals surface area contributed by atoms with Crippen molar-refractivity contribution < 1.29 is 4.79 Å². The maximum Gasteiger partial charge on any atom is 0.249 e. The molecule has 0 fully saturated rings. The molecule has 2 heterocycles. The first-order valence-electron chi connectivity index (χ1n) is 8.88. The van der Waals surface area contributed by atoms with Crippen LogP contribution in [0.5, 0.6) is 0 Å². The molecule has 0 saturated heterocycles. The molecule has 1 aromatic carbocycles. The smallest absolute Gasteiger partial charge is 0.249 e. The van der Waals surface area contributed by atoms with Gasteiger partial charge in [0.2, 0.25) is 5.91 Å². The topological polar surface area (TPSA) is 42.0 Å². The minimum atomic E-state index is -0.103. The second kappa shape index (κ2) is 7.67. The standard InChI is InChI=1S/C22H19ClN2OS/c1-14-4-6-15(7-5-14)13-24-22(26)17-9-10-18-16(21(17)23)8-11-19(25-18)20-3-2-12-27-20/h2-8,11-12H,9-10,13H2,1H3,(H,24,26). The fourth-order valence-electron chi connectivity index (χ4n) is 3.18. The summed E-state index contributed by atoms with van der Waals surface area (Å²) in [5, 5.41) is 5.54. The van der Waals surface area contributed by atoms with Crippen molar-refractivity contribution in [3.8, 4) is 10.6 Å². The second-order valence-electron chi connectivity index (χ2n) is 6.63. The van der Waals surface area contributed by atoms with Crippen LogP contribution in [0.2, 0.25) is 0 Å². The molecule has 0 saturated carbocycles. The van der Waals surface area contributed by atoms with Crippen LogP contribution >= 0.6 is 22.9 Å². The third-order valence-corrected chi connectivity index (χ3v) is 6.03. The Hall–Kier alpha value is -2.43. The van der Waals surface area contributed by atoms with E-state index in [4.69, 9.17) is 16.6 Å². The van der Waals surface area contributed by atoms with E-state index in [1.54, 1.807) is 11.3 Å². The zero-order valence-electron chi connectivity index (χ0n) is 15.0. The van der Waals surface area contributed by atoms with Gasteiger partial charge in [0.05, 0.1) is 21.3 Å². The van der Waals surface area contributed by atoms with Crippen molar-refractivity contribution in [1.29, 1.82) is 0 Å². The van der Waals surface area contributed by atoms with Crippen molar-refractivity contribution in [3.63, 3.8) is 0 Å². The van der Waals surface area contributed by atoms with Crippen molar-refractivity contribution in [2.24, 2.45) is 0 Å². The first-order chi connectivity index (χ1) is 13.1. The molecule has 0 bridgehead atoms. The summed E-state index contributed by atoms with van der Waals surface area (Å²) >= 11 is 8.24. The molecule has 1 aliphatic rings. The first kappa shape index (κ1) is 18.0. The van der Waals surface area contributed by atoms with E-state index in [1.807, 2.05) is 54.8 Å². The van der Waals surface area contributed by atoms with Gasteiger partial charge < -0.3 is 5.32 Å². The molecule has 0 unspecified atom stereocenters. The summed E-state index contributed by atoms with van der Waals surface area (Å²) in [6.07, 6.45) is 1.32. The van der Waals surface area contributed by atoms with Gasteiger partial charge in [-0.15, -0.1) is 11.3 Å². The summed E-state index contributed by atoms with van der Waals surface area (Å²) in [4.78, 5) is 18.5. The van der Waals surface area contributed by atoms with Crippen molar-refractivity contribution in [2.45, 2.75) is 26.3 Å². The Morgan fingerprint density at radius 1 is 1.15 bits per heavy atom. The number of rotatable bonds is 4. The predicted octanol–water partition coefficient (Wildman–Crippen LogP) is 5.33. The molecule has 1 amide bonds. The first-order valence-corrected chi connectivity index (χ1v) is 10.1. The van der Waals surface area contributed by atoms with E-state index in [0.717, 1.165) is 33.8 Å². The van der Waals surface area contributed by atoms with Crippen LogP contribution in [0, 0.1) is 6.92 Å². The third-order valence-electron chi connectivity index (χ3n) is 4.71. The summed E-state index contributed by atoms with van der Waals surface area (Å²) in [5.41, 5.74) is 5.70. The summed E-state index contributed by atoms with van der Waals surface area (Å²) in [6.45, 7) is 2.54. The number of carbonyl (C=O) groups is 1. The van der Waals surface area contributed by atoms with Gasteiger partial charge in [0.1, 0.15) is 0 Å². The minimum Gasteiger partial charge on any atom is -0.348 e. The van der Waals surface area contributed by atoms with Crippen molar-refractivity contribution >= 4 is 33.9 Å². The van der Waals surface area contributed by atoms with E-state index in [1.165, 1.54) is 5.56 Å². The molecule has 0 atom stereocenters. The quantitative estimate of drug-likeness (QED) is 0.649. The summed E-state index contributed by atoms with van der Waals surface area (Å²) in [7, 11) is 0. The molecule has 2 aromatic heterocycles. The van der Waals surface area contributed by atoms with Crippen LogP contribution in [-0.4, -0.2) is 10.9 Å².